The number of hydrogen-bond donors (Lipinski definition) is 1. The largest absolute Gasteiger partial charge is 0.383 e. The Morgan fingerprint density at radius 2 is 1.75 bits per heavy atom. The number of nitrogens with one attached hydrogen (secondary N) is 1. The minimum absolute atomic E-state index is 0.0619. The molecule has 2 aromatic carbocycles. The summed E-state index contributed by atoms with van der Waals surface area (Å²) in [5, 5.41) is 0. The summed E-state index contributed by atoms with van der Waals surface area (Å²) in [6.45, 7) is 5.04. The Balaban J connectivity index is 2.18. The van der Waals surface area contributed by atoms with Gasteiger partial charge in [-0.2, -0.15) is 0 Å². The maximum atomic E-state index is 13.1. The van der Waals surface area contributed by atoms with Gasteiger partial charge in [0, 0.05) is 31.8 Å². The number of ether oxygens (including phenoxy) is 1. The van der Waals surface area contributed by atoms with Crippen LogP contribution >= 0.6 is 0 Å². The molecule has 1 unspecified atom stereocenters. The normalized spacial score (nSPS) is 12.5. The molecule has 0 spiro atoms. The first-order chi connectivity index (χ1) is 13.4. The average Bonchev–Trinajstić information content (AvgIpc) is 2.72. The highest BCUT2D eigenvalue weighted by Gasteiger charge is 2.22. The van der Waals surface area contributed by atoms with Gasteiger partial charge in [0.15, 0.2) is 0 Å². The molecule has 0 fully saturated rings. The predicted molar refractivity (Wildman–Crippen MR) is 110 cm³/mol. The molecule has 0 aliphatic rings. The fourth-order valence-electron chi connectivity index (χ4n) is 2.73. The summed E-state index contributed by atoms with van der Waals surface area (Å²) in [5.41, 5.74) is 1.52. The van der Waals surface area contributed by atoms with Crippen LogP contribution in [0.5, 0.6) is 0 Å². The summed E-state index contributed by atoms with van der Waals surface area (Å²) in [5.74, 6) is -0.116. The molecule has 0 aliphatic heterocycles. The highest BCUT2D eigenvalue weighted by Crippen LogP contribution is 2.17. The Hall–Kier alpha value is -2.22. The van der Waals surface area contributed by atoms with E-state index >= 15 is 0 Å². The first-order valence-corrected chi connectivity index (χ1v) is 10.8. The maximum Gasteiger partial charge on any atom is 0.254 e. The molecule has 7 heteroatoms. The van der Waals surface area contributed by atoms with E-state index in [1.54, 1.807) is 12.1 Å². The lowest BCUT2D eigenvalue weighted by Gasteiger charge is -2.29. The molecule has 28 heavy (non-hydrogen) atoms. The number of benzene rings is 2. The van der Waals surface area contributed by atoms with E-state index in [1.807, 2.05) is 49.1 Å². The molecule has 0 aliphatic carbocycles. The number of rotatable bonds is 10. The number of carbonyl (C=O) groups is 1. The molecule has 0 saturated heterocycles. The summed E-state index contributed by atoms with van der Waals surface area (Å²) in [7, 11) is -2.11. The Morgan fingerprint density at radius 1 is 1.11 bits per heavy atom. The Bertz CT molecular complexity index is 852. The molecular weight excluding hydrogens is 376 g/mol. The fourth-order valence-corrected chi connectivity index (χ4v) is 3.75. The summed E-state index contributed by atoms with van der Waals surface area (Å²) >= 11 is 0. The number of methoxy groups -OCH3 is 1. The van der Waals surface area contributed by atoms with Crippen LogP contribution in [0, 0.1) is 0 Å². The number of hydrogen-bond acceptors (Lipinski definition) is 4. The van der Waals surface area contributed by atoms with Gasteiger partial charge in [0.2, 0.25) is 10.0 Å². The van der Waals surface area contributed by atoms with E-state index in [0.29, 0.717) is 18.7 Å². The third-order valence-electron chi connectivity index (χ3n) is 4.59. The monoisotopic (exact) mass is 404 g/mol. The van der Waals surface area contributed by atoms with Gasteiger partial charge in [-0.3, -0.25) is 4.79 Å². The summed E-state index contributed by atoms with van der Waals surface area (Å²) < 4.78 is 31.8. The zero-order chi connectivity index (χ0) is 20.6. The second-order valence-electron chi connectivity index (χ2n) is 6.59. The maximum absolute atomic E-state index is 13.1. The van der Waals surface area contributed by atoms with Crippen LogP contribution in [0.15, 0.2) is 59.5 Å². The van der Waals surface area contributed by atoms with Crippen molar-refractivity contribution in [3.8, 4) is 0 Å². The van der Waals surface area contributed by atoms with Gasteiger partial charge in [0.25, 0.3) is 5.91 Å². The quantitative estimate of drug-likeness (QED) is 0.618. The average molecular weight is 405 g/mol. The molecule has 0 heterocycles. The molecule has 6 nitrogen and oxygen atoms in total. The highest BCUT2D eigenvalue weighted by atomic mass is 32.2. The van der Waals surface area contributed by atoms with Crippen molar-refractivity contribution in [1.82, 2.24) is 9.62 Å². The Kier molecular flexibility index (Phi) is 8.17. The Labute approximate surface area is 167 Å². The van der Waals surface area contributed by atoms with Crippen LogP contribution < -0.4 is 4.72 Å². The van der Waals surface area contributed by atoms with Crippen molar-refractivity contribution in [2.45, 2.75) is 37.8 Å². The van der Waals surface area contributed by atoms with Crippen LogP contribution in [0.25, 0.3) is 0 Å². The van der Waals surface area contributed by atoms with Gasteiger partial charge in [-0.15, -0.1) is 0 Å². The highest BCUT2D eigenvalue weighted by molar-refractivity contribution is 7.89. The van der Waals surface area contributed by atoms with Gasteiger partial charge in [-0.05, 0) is 43.2 Å². The zero-order valence-corrected chi connectivity index (χ0v) is 17.4. The van der Waals surface area contributed by atoms with Crippen molar-refractivity contribution in [2.75, 3.05) is 20.3 Å². The molecule has 2 rings (SSSR count). The van der Waals surface area contributed by atoms with Crippen molar-refractivity contribution in [1.29, 1.82) is 0 Å². The molecule has 1 amide bonds. The molecule has 0 radical (unpaired) electrons. The van der Waals surface area contributed by atoms with Crippen LogP contribution in [0.2, 0.25) is 0 Å². The summed E-state index contributed by atoms with van der Waals surface area (Å²) in [6, 6.07) is 15.9. The van der Waals surface area contributed by atoms with Crippen molar-refractivity contribution >= 4 is 15.9 Å². The van der Waals surface area contributed by atoms with E-state index in [0.717, 1.165) is 12.0 Å². The third-order valence-corrected chi connectivity index (χ3v) is 6.07. The van der Waals surface area contributed by atoms with Crippen LogP contribution in [-0.2, 0) is 21.3 Å². The number of carbonyl (C=O) groups excluding carboxylic acids is 1. The first-order valence-electron chi connectivity index (χ1n) is 9.32. The van der Waals surface area contributed by atoms with Crippen LogP contribution in [0.4, 0.5) is 0 Å². The van der Waals surface area contributed by atoms with E-state index < -0.39 is 10.0 Å². The minimum atomic E-state index is -3.62. The van der Waals surface area contributed by atoms with Crippen molar-refractivity contribution < 1.29 is 17.9 Å². The predicted octanol–water partition coefficient (Wildman–Crippen LogP) is 3.05. The second kappa shape index (κ2) is 10.4. The van der Waals surface area contributed by atoms with Gasteiger partial charge < -0.3 is 9.64 Å². The topological polar surface area (TPSA) is 75.7 Å². The number of amides is 1. The SMILES string of the molecule is CCC(C)N(Cc1ccccc1)C(=O)c1ccc(S(=O)(=O)NCCOC)cc1. The first kappa shape index (κ1) is 22.1. The van der Waals surface area contributed by atoms with Gasteiger partial charge >= 0.3 is 0 Å². The molecular formula is C21H28N2O4S. The summed E-state index contributed by atoms with van der Waals surface area (Å²) in [4.78, 5) is 15.0. The van der Waals surface area contributed by atoms with Gasteiger partial charge in [-0.1, -0.05) is 37.3 Å². The molecule has 1 N–H and O–H groups in total. The molecule has 0 aromatic heterocycles. The standard InChI is InChI=1S/C21H28N2O4S/c1-4-17(2)23(16-18-8-6-5-7-9-18)21(24)19-10-12-20(13-11-19)28(25,26)22-14-15-27-3/h5-13,17,22H,4,14-16H2,1-3H3. The zero-order valence-electron chi connectivity index (χ0n) is 16.6. The van der Waals surface area contributed by atoms with Gasteiger partial charge in [-0.25, -0.2) is 13.1 Å². The van der Waals surface area contributed by atoms with Crippen LogP contribution in [0.3, 0.4) is 0 Å². The lowest BCUT2D eigenvalue weighted by Crippen LogP contribution is -2.37. The van der Waals surface area contributed by atoms with Crippen LogP contribution in [0.1, 0.15) is 36.2 Å². The summed E-state index contributed by atoms with van der Waals surface area (Å²) in [6.07, 6.45) is 0.828. The molecule has 1 atom stereocenters. The van der Waals surface area contributed by atoms with Crippen molar-refractivity contribution in [3.63, 3.8) is 0 Å². The van der Waals surface area contributed by atoms with Crippen LogP contribution in [-0.4, -0.2) is 45.5 Å². The van der Waals surface area contributed by atoms with Crippen molar-refractivity contribution in [3.05, 3.63) is 65.7 Å². The van der Waals surface area contributed by atoms with E-state index in [1.165, 1.54) is 19.2 Å². The minimum Gasteiger partial charge on any atom is -0.383 e. The fraction of sp³-hybridized carbons (Fsp3) is 0.381. The second-order valence-corrected chi connectivity index (χ2v) is 8.36. The molecule has 0 saturated carbocycles. The van der Waals surface area contributed by atoms with E-state index in [4.69, 9.17) is 4.74 Å². The van der Waals surface area contributed by atoms with E-state index in [9.17, 15) is 13.2 Å². The molecule has 0 bridgehead atoms. The molecule has 152 valence electrons. The van der Waals surface area contributed by atoms with E-state index in [-0.39, 0.29) is 23.4 Å². The number of sulfonamides is 1. The lowest BCUT2D eigenvalue weighted by molar-refractivity contribution is 0.0671. The van der Waals surface area contributed by atoms with E-state index in [2.05, 4.69) is 4.72 Å². The number of nitrogens with zero attached hydrogens (tertiary/aromatic N) is 1. The van der Waals surface area contributed by atoms with Gasteiger partial charge in [0.05, 0.1) is 11.5 Å². The molecule has 2 aromatic rings. The van der Waals surface area contributed by atoms with Gasteiger partial charge in [0.1, 0.15) is 0 Å². The smallest absolute Gasteiger partial charge is 0.254 e. The lowest BCUT2D eigenvalue weighted by atomic mass is 10.1. The van der Waals surface area contributed by atoms with Crippen molar-refractivity contribution in [2.24, 2.45) is 0 Å². The third kappa shape index (κ3) is 5.89. The Morgan fingerprint density at radius 3 is 2.32 bits per heavy atom.